The van der Waals surface area contributed by atoms with Gasteiger partial charge in [0, 0.05) is 10.3 Å². The number of fused-ring (bicyclic) bond motifs is 2. The van der Waals surface area contributed by atoms with Crippen LogP contribution in [0.1, 0.15) is 48.8 Å². The van der Waals surface area contributed by atoms with Crippen molar-refractivity contribution in [3.05, 3.63) is 98.9 Å². The van der Waals surface area contributed by atoms with Gasteiger partial charge in [0.1, 0.15) is 6.61 Å². The molecule has 5 rings (SSSR count). The number of esters is 2. The molecule has 0 fully saturated rings. The van der Waals surface area contributed by atoms with Crippen LogP contribution in [0.3, 0.4) is 0 Å². The predicted molar refractivity (Wildman–Crippen MR) is 129 cm³/mol. The van der Waals surface area contributed by atoms with E-state index in [1.54, 1.807) is 35.6 Å². The number of nitrogens with zero attached hydrogens (tertiary/aromatic N) is 1. The van der Waals surface area contributed by atoms with Gasteiger partial charge in [-0.2, -0.15) is 0 Å². The average molecular weight is 456 g/mol. The third kappa shape index (κ3) is 4.17. The molecule has 0 saturated heterocycles. The van der Waals surface area contributed by atoms with Crippen LogP contribution in [0.2, 0.25) is 0 Å². The minimum absolute atomic E-state index is 0.115. The second kappa shape index (κ2) is 9.00. The summed E-state index contributed by atoms with van der Waals surface area (Å²) in [5.41, 5.74) is 5.60. The normalized spacial score (nSPS) is 13.8. The number of carbonyl (C=O) groups is 2. The molecule has 2 heterocycles. The van der Waals surface area contributed by atoms with E-state index in [1.807, 2.05) is 30.3 Å². The number of benzene rings is 2. The van der Waals surface area contributed by atoms with E-state index in [0.29, 0.717) is 11.1 Å². The molecule has 1 aliphatic carbocycles. The molecule has 0 aliphatic heterocycles. The van der Waals surface area contributed by atoms with Gasteiger partial charge in [0.15, 0.2) is 0 Å². The van der Waals surface area contributed by atoms with Gasteiger partial charge in [-0.05, 0) is 65.3 Å². The zero-order valence-electron chi connectivity index (χ0n) is 18.0. The Hall–Kier alpha value is -3.77. The molecule has 2 aromatic heterocycles. The number of methoxy groups -OCH3 is 1. The van der Waals surface area contributed by atoms with E-state index in [9.17, 15) is 9.59 Å². The van der Waals surface area contributed by atoms with Gasteiger partial charge < -0.3 is 9.47 Å². The number of para-hydroxylation sites is 1. The van der Waals surface area contributed by atoms with Gasteiger partial charge in [0.05, 0.1) is 29.4 Å². The van der Waals surface area contributed by atoms with E-state index in [0.717, 1.165) is 46.1 Å². The second-order valence-electron chi connectivity index (χ2n) is 7.78. The molecule has 4 aromatic rings. The molecule has 33 heavy (non-hydrogen) atoms. The summed E-state index contributed by atoms with van der Waals surface area (Å²) in [5, 5.41) is 2.86. The fraction of sp³-hybridized carbons (Fsp3) is 0.148. The number of allylic oxidation sites excluding steroid dienone is 1. The largest absolute Gasteiger partial charge is 0.465 e. The van der Waals surface area contributed by atoms with Crippen molar-refractivity contribution in [2.24, 2.45) is 0 Å². The van der Waals surface area contributed by atoms with E-state index in [2.05, 4.69) is 17.5 Å². The Morgan fingerprint density at radius 2 is 1.82 bits per heavy atom. The number of hydrogen-bond acceptors (Lipinski definition) is 6. The maximum atomic E-state index is 13.3. The summed E-state index contributed by atoms with van der Waals surface area (Å²) in [7, 11) is 1.34. The van der Waals surface area contributed by atoms with Crippen molar-refractivity contribution in [1.29, 1.82) is 0 Å². The quantitative estimate of drug-likeness (QED) is 0.349. The van der Waals surface area contributed by atoms with Gasteiger partial charge in [0.25, 0.3) is 0 Å². The number of thiophene rings is 1. The standard InChI is InChI=1S/C27H21NO4S/c1-31-26(29)18-10-8-17(9-11-18)16-32-27(30)24-21-6-2-3-7-23(21)28-25-19(12-13-22(24)25)15-20-5-4-14-33-20/h2-11,14-15H,12-13,16H2,1H3. The fourth-order valence-corrected chi connectivity index (χ4v) is 4.81. The van der Waals surface area contributed by atoms with Crippen LogP contribution >= 0.6 is 11.3 Å². The minimum atomic E-state index is -0.399. The van der Waals surface area contributed by atoms with Crippen molar-refractivity contribution >= 4 is 45.8 Å². The van der Waals surface area contributed by atoms with Gasteiger partial charge in [-0.15, -0.1) is 11.3 Å². The van der Waals surface area contributed by atoms with Crippen LogP contribution in [0.25, 0.3) is 22.6 Å². The first-order chi connectivity index (χ1) is 16.1. The number of hydrogen-bond donors (Lipinski definition) is 0. The highest BCUT2D eigenvalue weighted by Crippen LogP contribution is 2.38. The number of ether oxygens (including phenoxy) is 2. The molecule has 0 bridgehead atoms. The highest BCUT2D eigenvalue weighted by atomic mass is 32.1. The van der Waals surface area contributed by atoms with Crippen molar-refractivity contribution in [2.75, 3.05) is 7.11 Å². The Morgan fingerprint density at radius 1 is 1.00 bits per heavy atom. The summed E-state index contributed by atoms with van der Waals surface area (Å²) in [6, 6.07) is 18.6. The lowest BCUT2D eigenvalue weighted by molar-refractivity contribution is 0.0472. The van der Waals surface area contributed by atoms with Crippen LogP contribution in [-0.4, -0.2) is 24.0 Å². The first kappa shape index (κ1) is 21.1. The summed E-state index contributed by atoms with van der Waals surface area (Å²) in [6.07, 6.45) is 3.75. The lowest BCUT2D eigenvalue weighted by Crippen LogP contribution is -2.10. The zero-order valence-corrected chi connectivity index (χ0v) is 18.9. The van der Waals surface area contributed by atoms with Crippen molar-refractivity contribution in [3.8, 4) is 0 Å². The van der Waals surface area contributed by atoms with E-state index < -0.39 is 5.97 Å². The van der Waals surface area contributed by atoms with Crippen molar-refractivity contribution in [3.63, 3.8) is 0 Å². The molecule has 0 radical (unpaired) electrons. The van der Waals surface area contributed by atoms with E-state index in [-0.39, 0.29) is 12.6 Å². The molecule has 164 valence electrons. The van der Waals surface area contributed by atoms with Crippen LogP contribution in [0, 0.1) is 0 Å². The summed E-state index contributed by atoms with van der Waals surface area (Å²) < 4.78 is 10.4. The monoisotopic (exact) mass is 455 g/mol. The number of carbonyl (C=O) groups excluding carboxylic acids is 2. The lowest BCUT2D eigenvalue weighted by atomic mass is 10.0. The Balaban J connectivity index is 1.46. The molecule has 0 unspecified atom stereocenters. The summed E-state index contributed by atoms with van der Waals surface area (Å²) in [6.45, 7) is 0.115. The zero-order chi connectivity index (χ0) is 22.8. The van der Waals surface area contributed by atoms with Crippen LogP contribution in [-0.2, 0) is 22.5 Å². The first-order valence-corrected chi connectivity index (χ1v) is 11.5. The third-order valence-corrected chi connectivity index (χ3v) is 6.57. The molecular formula is C27H21NO4S. The van der Waals surface area contributed by atoms with E-state index in [1.165, 1.54) is 12.0 Å². The molecule has 1 aliphatic rings. The summed E-state index contributed by atoms with van der Waals surface area (Å²) >= 11 is 1.68. The lowest BCUT2D eigenvalue weighted by Gasteiger charge is -2.12. The number of rotatable bonds is 5. The van der Waals surface area contributed by atoms with Crippen LogP contribution < -0.4 is 0 Å². The Bertz CT molecular complexity index is 1370. The fourth-order valence-electron chi connectivity index (χ4n) is 4.13. The van der Waals surface area contributed by atoms with Crippen molar-refractivity contribution in [1.82, 2.24) is 4.98 Å². The van der Waals surface area contributed by atoms with Gasteiger partial charge in [0.2, 0.25) is 0 Å². The molecule has 0 spiro atoms. The van der Waals surface area contributed by atoms with Crippen molar-refractivity contribution < 1.29 is 19.1 Å². The molecular weight excluding hydrogens is 434 g/mol. The molecule has 0 amide bonds. The van der Waals surface area contributed by atoms with Gasteiger partial charge in [-0.3, -0.25) is 0 Å². The topological polar surface area (TPSA) is 65.5 Å². The number of aromatic nitrogens is 1. The Kier molecular flexibility index (Phi) is 5.75. The molecule has 0 N–H and O–H groups in total. The molecule has 5 nitrogen and oxygen atoms in total. The average Bonchev–Trinajstić information content (AvgIpc) is 3.51. The highest BCUT2D eigenvalue weighted by molar-refractivity contribution is 7.10. The van der Waals surface area contributed by atoms with Crippen molar-refractivity contribution in [2.45, 2.75) is 19.4 Å². The first-order valence-electron chi connectivity index (χ1n) is 10.6. The van der Waals surface area contributed by atoms with E-state index >= 15 is 0 Å². The maximum Gasteiger partial charge on any atom is 0.339 e. The molecule has 2 aromatic carbocycles. The Morgan fingerprint density at radius 3 is 2.58 bits per heavy atom. The van der Waals surface area contributed by atoms with E-state index in [4.69, 9.17) is 14.5 Å². The smallest absolute Gasteiger partial charge is 0.339 e. The van der Waals surface area contributed by atoms with Crippen LogP contribution in [0.5, 0.6) is 0 Å². The van der Waals surface area contributed by atoms with Gasteiger partial charge in [-0.1, -0.05) is 36.4 Å². The minimum Gasteiger partial charge on any atom is -0.465 e. The highest BCUT2D eigenvalue weighted by Gasteiger charge is 2.27. The summed E-state index contributed by atoms with van der Waals surface area (Å²) in [4.78, 5) is 31.0. The SMILES string of the molecule is COC(=O)c1ccc(COC(=O)c2c3c(nc4ccccc24)C(=Cc2cccs2)CC3)cc1. The maximum absolute atomic E-state index is 13.3. The molecule has 6 heteroatoms. The second-order valence-corrected chi connectivity index (χ2v) is 8.76. The summed E-state index contributed by atoms with van der Waals surface area (Å²) in [5.74, 6) is -0.761. The van der Waals surface area contributed by atoms with Gasteiger partial charge in [-0.25, -0.2) is 14.6 Å². The van der Waals surface area contributed by atoms with Gasteiger partial charge >= 0.3 is 11.9 Å². The Labute approximate surface area is 195 Å². The molecule has 0 atom stereocenters. The molecule has 0 saturated carbocycles. The predicted octanol–water partition coefficient (Wildman–Crippen LogP) is 5.93. The number of pyridine rings is 1. The third-order valence-electron chi connectivity index (χ3n) is 5.75. The van der Waals surface area contributed by atoms with Crippen LogP contribution in [0.4, 0.5) is 0 Å². The van der Waals surface area contributed by atoms with Crippen LogP contribution in [0.15, 0.2) is 66.0 Å².